The van der Waals surface area contributed by atoms with Crippen LogP contribution in [-0.2, 0) is 4.79 Å². The number of piperazine rings is 1. The third-order valence-corrected chi connectivity index (χ3v) is 3.88. The van der Waals surface area contributed by atoms with Crippen LogP contribution < -0.4 is 10.6 Å². The maximum atomic E-state index is 12.6. The molecule has 1 aliphatic heterocycles. The molecule has 4 heteroatoms. The van der Waals surface area contributed by atoms with Crippen molar-refractivity contribution in [2.75, 3.05) is 25.0 Å². The second kappa shape index (κ2) is 5.31. The molecule has 1 aromatic rings. The van der Waals surface area contributed by atoms with E-state index in [1.54, 1.807) is 0 Å². The van der Waals surface area contributed by atoms with E-state index in [0.717, 1.165) is 17.8 Å². The first-order chi connectivity index (χ1) is 8.95. The first-order valence-electron chi connectivity index (χ1n) is 6.76. The molecular formula is C15H23N3O. The quantitative estimate of drug-likeness (QED) is 0.873. The third kappa shape index (κ3) is 2.51. The molecule has 19 heavy (non-hydrogen) atoms. The summed E-state index contributed by atoms with van der Waals surface area (Å²) < 4.78 is 0. The highest BCUT2D eigenvalue weighted by Crippen LogP contribution is 2.27. The van der Waals surface area contributed by atoms with Crippen LogP contribution in [0.1, 0.15) is 18.1 Å². The molecule has 1 aromatic carbocycles. The summed E-state index contributed by atoms with van der Waals surface area (Å²) in [6, 6.07) is 6.17. The van der Waals surface area contributed by atoms with Crippen LogP contribution in [0.15, 0.2) is 18.2 Å². The molecule has 1 saturated heterocycles. The zero-order valence-electron chi connectivity index (χ0n) is 12.2. The predicted molar refractivity (Wildman–Crippen MR) is 78.3 cm³/mol. The number of aryl methyl sites for hydroxylation is 2. The summed E-state index contributed by atoms with van der Waals surface area (Å²) in [5.74, 6) is 0.107. The molecule has 2 atom stereocenters. The van der Waals surface area contributed by atoms with Gasteiger partial charge in [0.2, 0.25) is 5.91 Å². The van der Waals surface area contributed by atoms with Gasteiger partial charge < -0.3 is 10.6 Å². The SMILES string of the molecule is Cc1ccc(N2C(=O)C(CN)N(C)CC2C)c(C)c1. The number of carbonyl (C=O) groups is 1. The Labute approximate surface area is 115 Å². The van der Waals surface area contributed by atoms with E-state index in [9.17, 15) is 4.79 Å². The molecule has 1 aliphatic rings. The number of nitrogens with zero attached hydrogens (tertiary/aromatic N) is 2. The lowest BCUT2D eigenvalue weighted by Gasteiger charge is -2.43. The lowest BCUT2D eigenvalue weighted by Crippen LogP contribution is -2.62. The summed E-state index contributed by atoms with van der Waals surface area (Å²) in [4.78, 5) is 16.6. The summed E-state index contributed by atoms with van der Waals surface area (Å²) in [5.41, 5.74) is 9.10. The zero-order chi connectivity index (χ0) is 14.2. The highest BCUT2D eigenvalue weighted by atomic mass is 16.2. The molecule has 0 radical (unpaired) electrons. The Morgan fingerprint density at radius 3 is 2.63 bits per heavy atom. The summed E-state index contributed by atoms with van der Waals surface area (Å²) in [7, 11) is 1.96. The number of nitrogens with two attached hydrogens (primary N) is 1. The Bertz CT molecular complexity index is 486. The number of hydrogen-bond donors (Lipinski definition) is 1. The van der Waals surface area contributed by atoms with Crippen molar-refractivity contribution in [1.82, 2.24) is 4.90 Å². The van der Waals surface area contributed by atoms with Crippen LogP contribution in [0, 0.1) is 13.8 Å². The van der Waals surface area contributed by atoms with Crippen molar-refractivity contribution >= 4 is 11.6 Å². The van der Waals surface area contributed by atoms with E-state index in [-0.39, 0.29) is 18.0 Å². The fourth-order valence-corrected chi connectivity index (χ4v) is 2.90. The van der Waals surface area contributed by atoms with Gasteiger partial charge in [-0.1, -0.05) is 17.7 Å². The van der Waals surface area contributed by atoms with E-state index >= 15 is 0 Å². The minimum Gasteiger partial charge on any atom is -0.328 e. The molecule has 0 spiro atoms. The lowest BCUT2D eigenvalue weighted by atomic mass is 10.0. The van der Waals surface area contributed by atoms with Crippen molar-refractivity contribution in [2.24, 2.45) is 5.73 Å². The van der Waals surface area contributed by atoms with Crippen LogP contribution >= 0.6 is 0 Å². The number of anilines is 1. The van der Waals surface area contributed by atoms with Gasteiger partial charge in [-0.3, -0.25) is 9.69 Å². The number of rotatable bonds is 2. The van der Waals surface area contributed by atoms with Gasteiger partial charge in [-0.15, -0.1) is 0 Å². The Morgan fingerprint density at radius 2 is 2.05 bits per heavy atom. The average molecular weight is 261 g/mol. The van der Waals surface area contributed by atoms with E-state index in [1.807, 2.05) is 22.9 Å². The Balaban J connectivity index is 2.39. The van der Waals surface area contributed by atoms with Crippen molar-refractivity contribution in [1.29, 1.82) is 0 Å². The van der Waals surface area contributed by atoms with Crippen LogP contribution in [-0.4, -0.2) is 43.0 Å². The molecule has 0 saturated carbocycles. The highest BCUT2D eigenvalue weighted by Gasteiger charge is 2.37. The van der Waals surface area contributed by atoms with E-state index in [0.29, 0.717) is 6.54 Å². The van der Waals surface area contributed by atoms with Gasteiger partial charge >= 0.3 is 0 Å². The van der Waals surface area contributed by atoms with E-state index < -0.39 is 0 Å². The van der Waals surface area contributed by atoms with Crippen molar-refractivity contribution in [3.8, 4) is 0 Å². The van der Waals surface area contributed by atoms with Gasteiger partial charge in [0.15, 0.2) is 0 Å². The Kier molecular flexibility index (Phi) is 3.92. The maximum absolute atomic E-state index is 12.6. The van der Waals surface area contributed by atoms with Crippen LogP contribution in [0.3, 0.4) is 0 Å². The number of benzene rings is 1. The molecule has 2 N–H and O–H groups in total. The largest absolute Gasteiger partial charge is 0.328 e. The first-order valence-corrected chi connectivity index (χ1v) is 6.76. The van der Waals surface area contributed by atoms with Gasteiger partial charge in [0.25, 0.3) is 0 Å². The maximum Gasteiger partial charge on any atom is 0.245 e. The Morgan fingerprint density at radius 1 is 1.37 bits per heavy atom. The van der Waals surface area contributed by atoms with Gasteiger partial charge in [-0.25, -0.2) is 0 Å². The summed E-state index contributed by atoms with van der Waals surface area (Å²) in [6.45, 7) is 7.41. The molecule has 0 aromatic heterocycles. The average Bonchev–Trinajstić information content (AvgIpc) is 2.31. The summed E-state index contributed by atoms with van der Waals surface area (Å²) in [5, 5.41) is 0. The van der Waals surface area contributed by atoms with Gasteiger partial charge in [0.1, 0.15) is 6.04 Å². The Hall–Kier alpha value is -1.39. The van der Waals surface area contributed by atoms with Crippen molar-refractivity contribution in [3.63, 3.8) is 0 Å². The van der Waals surface area contributed by atoms with Gasteiger partial charge in [0, 0.05) is 24.8 Å². The molecule has 1 heterocycles. The highest BCUT2D eigenvalue weighted by molar-refractivity contribution is 5.99. The van der Waals surface area contributed by atoms with E-state index in [2.05, 4.69) is 32.9 Å². The number of amides is 1. The molecular weight excluding hydrogens is 238 g/mol. The molecule has 104 valence electrons. The molecule has 2 unspecified atom stereocenters. The van der Waals surface area contributed by atoms with Crippen LogP contribution in [0.5, 0.6) is 0 Å². The van der Waals surface area contributed by atoms with Gasteiger partial charge in [-0.2, -0.15) is 0 Å². The van der Waals surface area contributed by atoms with Crippen LogP contribution in [0.25, 0.3) is 0 Å². The monoisotopic (exact) mass is 261 g/mol. The molecule has 0 bridgehead atoms. The summed E-state index contributed by atoms with van der Waals surface area (Å²) >= 11 is 0. The smallest absolute Gasteiger partial charge is 0.245 e. The van der Waals surface area contributed by atoms with Crippen molar-refractivity contribution in [2.45, 2.75) is 32.9 Å². The van der Waals surface area contributed by atoms with Crippen LogP contribution in [0.4, 0.5) is 5.69 Å². The minimum absolute atomic E-state index is 0.107. The van der Waals surface area contributed by atoms with E-state index in [4.69, 9.17) is 5.73 Å². The molecule has 4 nitrogen and oxygen atoms in total. The summed E-state index contributed by atoms with van der Waals surface area (Å²) in [6.07, 6.45) is 0. The fraction of sp³-hybridized carbons (Fsp3) is 0.533. The number of likely N-dealkylation sites (N-methyl/N-ethyl adjacent to an activating group) is 1. The molecule has 2 rings (SSSR count). The fourth-order valence-electron chi connectivity index (χ4n) is 2.90. The lowest BCUT2D eigenvalue weighted by molar-refractivity contribution is -0.125. The predicted octanol–water partition coefficient (Wildman–Crippen LogP) is 1.30. The first kappa shape index (κ1) is 14.0. The topological polar surface area (TPSA) is 49.6 Å². The number of carbonyl (C=O) groups excluding carboxylic acids is 1. The van der Waals surface area contributed by atoms with Gasteiger partial charge in [-0.05, 0) is 39.4 Å². The van der Waals surface area contributed by atoms with Gasteiger partial charge in [0.05, 0.1) is 0 Å². The normalized spacial score (nSPS) is 24.9. The van der Waals surface area contributed by atoms with Crippen LogP contribution in [0.2, 0.25) is 0 Å². The van der Waals surface area contributed by atoms with E-state index in [1.165, 1.54) is 5.56 Å². The second-order valence-corrected chi connectivity index (χ2v) is 5.54. The third-order valence-electron chi connectivity index (χ3n) is 3.88. The standard InChI is InChI=1S/C15H23N3O/c1-10-5-6-13(11(2)7-10)18-12(3)9-17(4)14(8-16)15(18)19/h5-7,12,14H,8-9,16H2,1-4H3. The van der Waals surface area contributed by atoms with Crippen molar-refractivity contribution < 1.29 is 4.79 Å². The van der Waals surface area contributed by atoms with Crippen molar-refractivity contribution in [3.05, 3.63) is 29.3 Å². The second-order valence-electron chi connectivity index (χ2n) is 5.54. The molecule has 1 amide bonds. The minimum atomic E-state index is -0.211. The zero-order valence-corrected chi connectivity index (χ0v) is 12.2. The molecule has 0 aliphatic carbocycles. The number of hydrogen-bond acceptors (Lipinski definition) is 3. The molecule has 1 fully saturated rings.